The molecule has 5 heteroatoms. The van der Waals surface area contributed by atoms with Crippen LogP contribution in [0.25, 0.3) is 11.8 Å². The lowest BCUT2D eigenvalue weighted by Crippen LogP contribution is -1.98. The summed E-state index contributed by atoms with van der Waals surface area (Å²) in [6, 6.07) is 9.95. The van der Waals surface area contributed by atoms with Gasteiger partial charge in [-0.15, -0.1) is 0 Å². The molecule has 0 aliphatic carbocycles. The first-order valence-corrected chi connectivity index (χ1v) is 7.39. The molecule has 5 nitrogen and oxygen atoms in total. The number of aryl methyl sites for hydroxylation is 2. The van der Waals surface area contributed by atoms with Gasteiger partial charge in [-0.3, -0.25) is 9.48 Å². The van der Waals surface area contributed by atoms with Gasteiger partial charge in [0.2, 0.25) is 0 Å². The average Bonchev–Trinajstić information content (AvgIpc) is 3.10. The van der Waals surface area contributed by atoms with Crippen molar-refractivity contribution in [3.8, 4) is 5.69 Å². The molecular formula is C18H18N4O. The lowest BCUT2D eigenvalue weighted by atomic mass is 10.1. The first-order chi connectivity index (χ1) is 11.1. The van der Waals surface area contributed by atoms with E-state index in [1.54, 1.807) is 30.2 Å². The molecule has 0 fully saturated rings. The van der Waals surface area contributed by atoms with Crippen molar-refractivity contribution in [1.82, 2.24) is 19.6 Å². The van der Waals surface area contributed by atoms with Gasteiger partial charge in [-0.05, 0) is 38.1 Å². The summed E-state index contributed by atoms with van der Waals surface area (Å²) in [6.45, 7) is 3.95. The van der Waals surface area contributed by atoms with Crippen LogP contribution in [0.2, 0.25) is 0 Å². The van der Waals surface area contributed by atoms with E-state index in [1.165, 1.54) is 0 Å². The van der Waals surface area contributed by atoms with Gasteiger partial charge in [0.25, 0.3) is 0 Å². The third-order valence-corrected chi connectivity index (χ3v) is 3.74. The third-order valence-electron chi connectivity index (χ3n) is 3.74. The molecule has 0 amide bonds. The van der Waals surface area contributed by atoms with E-state index in [2.05, 4.69) is 10.2 Å². The number of hydrogen-bond donors (Lipinski definition) is 0. The van der Waals surface area contributed by atoms with Crippen molar-refractivity contribution in [2.75, 3.05) is 0 Å². The molecule has 2 heterocycles. The van der Waals surface area contributed by atoms with Crippen molar-refractivity contribution in [1.29, 1.82) is 0 Å². The SMILES string of the molecule is Cc1nn(-c2ccccc2)c(C)c1/C=C\C(=O)c1cnn(C)c1. The Bertz CT molecular complexity index is 872. The number of ketones is 1. The summed E-state index contributed by atoms with van der Waals surface area (Å²) in [4.78, 5) is 12.2. The summed E-state index contributed by atoms with van der Waals surface area (Å²) >= 11 is 0. The van der Waals surface area contributed by atoms with E-state index in [9.17, 15) is 4.79 Å². The number of aromatic nitrogens is 4. The predicted octanol–water partition coefficient (Wildman–Crippen LogP) is 3.12. The fraction of sp³-hybridized carbons (Fsp3) is 0.167. The molecule has 0 atom stereocenters. The third kappa shape index (κ3) is 2.99. The second-order valence-electron chi connectivity index (χ2n) is 5.43. The molecule has 0 radical (unpaired) electrons. The fourth-order valence-electron chi connectivity index (χ4n) is 2.52. The monoisotopic (exact) mass is 306 g/mol. The van der Waals surface area contributed by atoms with E-state index >= 15 is 0 Å². The maximum absolute atomic E-state index is 12.2. The van der Waals surface area contributed by atoms with Crippen LogP contribution >= 0.6 is 0 Å². The van der Waals surface area contributed by atoms with Gasteiger partial charge in [-0.1, -0.05) is 18.2 Å². The maximum atomic E-state index is 12.2. The molecule has 0 bridgehead atoms. The number of carbonyl (C=O) groups is 1. The summed E-state index contributed by atoms with van der Waals surface area (Å²) in [6.07, 6.45) is 6.68. The van der Waals surface area contributed by atoms with Crippen LogP contribution in [0.1, 0.15) is 27.3 Å². The topological polar surface area (TPSA) is 52.7 Å². The Labute approximate surface area is 134 Å². The Morgan fingerprint density at radius 1 is 1.17 bits per heavy atom. The van der Waals surface area contributed by atoms with Gasteiger partial charge in [-0.2, -0.15) is 10.2 Å². The van der Waals surface area contributed by atoms with E-state index in [0.29, 0.717) is 5.56 Å². The van der Waals surface area contributed by atoms with E-state index in [1.807, 2.05) is 54.9 Å². The van der Waals surface area contributed by atoms with Crippen LogP contribution in [0.4, 0.5) is 0 Å². The Hall–Kier alpha value is -2.95. The molecule has 1 aromatic carbocycles. The van der Waals surface area contributed by atoms with Crippen LogP contribution in [0.5, 0.6) is 0 Å². The van der Waals surface area contributed by atoms with Crippen molar-refractivity contribution in [3.63, 3.8) is 0 Å². The molecule has 0 aliphatic heterocycles. The second kappa shape index (κ2) is 6.04. The van der Waals surface area contributed by atoms with Gasteiger partial charge in [0.05, 0.1) is 23.1 Å². The molecule has 0 spiro atoms. The maximum Gasteiger partial charge on any atom is 0.189 e. The quantitative estimate of drug-likeness (QED) is 0.550. The minimum atomic E-state index is -0.0654. The number of hydrogen-bond acceptors (Lipinski definition) is 3. The Balaban J connectivity index is 1.90. The van der Waals surface area contributed by atoms with E-state index in [4.69, 9.17) is 0 Å². The van der Waals surface area contributed by atoms with Crippen molar-refractivity contribution in [3.05, 3.63) is 71.3 Å². The largest absolute Gasteiger partial charge is 0.289 e. The highest BCUT2D eigenvalue weighted by Crippen LogP contribution is 2.19. The highest BCUT2D eigenvalue weighted by Gasteiger charge is 2.11. The van der Waals surface area contributed by atoms with Crippen LogP contribution in [-0.2, 0) is 7.05 Å². The van der Waals surface area contributed by atoms with E-state index < -0.39 is 0 Å². The van der Waals surface area contributed by atoms with E-state index in [0.717, 1.165) is 22.6 Å². The van der Waals surface area contributed by atoms with Crippen LogP contribution in [-0.4, -0.2) is 25.3 Å². The molecule has 23 heavy (non-hydrogen) atoms. The van der Waals surface area contributed by atoms with Crippen LogP contribution in [0.15, 0.2) is 48.8 Å². The average molecular weight is 306 g/mol. The standard InChI is InChI=1S/C18H18N4O/c1-13-17(9-10-18(23)15-11-19-21(3)12-15)14(2)22(20-13)16-7-5-4-6-8-16/h4-12H,1-3H3/b10-9-. The van der Waals surface area contributed by atoms with Crippen LogP contribution in [0, 0.1) is 13.8 Å². The van der Waals surface area contributed by atoms with Crippen molar-refractivity contribution in [2.24, 2.45) is 7.05 Å². The lowest BCUT2D eigenvalue weighted by Gasteiger charge is -2.03. The molecule has 116 valence electrons. The molecule has 3 rings (SSSR count). The highest BCUT2D eigenvalue weighted by atomic mass is 16.1. The molecule has 0 saturated carbocycles. The zero-order valence-electron chi connectivity index (χ0n) is 13.4. The molecule has 0 N–H and O–H groups in total. The number of para-hydroxylation sites is 1. The summed E-state index contributed by atoms with van der Waals surface area (Å²) in [5, 5.41) is 8.59. The Morgan fingerprint density at radius 2 is 1.91 bits per heavy atom. The Morgan fingerprint density at radius 3 is 2.57 bits per heavy atom. The summed E-state index contributed by atoms with van der Waals surface area (Å²) < 4.78 is 3.51. The predicted molar refractivity (Wildman–Crippen MR) is 89.6 cm³/mol. The van der Waals surface area contributed by atoms with Gasteiger partial charge in [0.1, 0.15) is 0 Å². The number of benzene rings is 1. The normalized spacial score (nSPS) is 11.3. The van der Waals surface area contributed by atoms with Crippen LogP contribution < -0.4 is 0 Å². The molecule has 0 saturated heterocycles. The molecule has 0 aliphatic rings. The molecule has 3 aromatic rings. The fourth-order valence-corrected chi connectivity index (χ4v) is 2.52. The van der Waals surface area contributed by atoms with Crippen molar-refractivity contribution < 1.29 is 4.79 Å². The minimum absolute atomic E-state index is 0.0654. The lowest BCUT2D eigenvalue weighted by molar-refractivity contribution is 0.104. The van der Waals surface area contributed by atoms with Gasteiger partial charge >= 0.3 is 0 Å². The van der Waals surface area contributed by atoms with Crippen LogP contribution in [0.3, 0.4) is 0 Å². The number of nitrogens with zero attached hydrogens (tertiary/aromatic N) is 4. The first-order valence-electron chi connectivity index (χ1n) is 7.39. The summed E-state index contributed by atoms with van der Waals surface area (Å²) in [5.41, 5.74) is 4.44. The van der Waals surface area contributed by atoms with Crippen molar-refractivity contribution >= 4 is 11.9 Å². The summed E-state index contributed by atoms with van der Waals surface area (Å²) in [5.74, 6) is -0.0654. The Kier molecular flexibility index (Phi) is 3.93. The second-order valence-corrected chi connectivity index (χ2v) is 5.43. The first kappa shape index (κ1) is 15.0. The van der Waals surface area contributed by atoms with E-state index in [-0.39, 0.29) is 5.78 Å². The zero-order chi connectivity index (χ0) is 16.4. The molecule has 0 unspecified atom stereocenters. The molecular weight excluding hydrogens is 288 g/mol. The van der Waals surface area contributed by atoms with Gasteiger partial charge in [0, 0.05) is 24.5 Å². The number of rotatable bonds is 4. The highest BCUT2D eigenvalue weighted by molar-refractivity contribution is 6.06. The van der Waals surface area contributed by atoms with Gasteiger partial charge < -0.3 is 0 Å². The number of allylic oxidation sites excluding steroid dienone is 1. The smallest absolute Gasteiger partial charge is 0.189 e. The summed E-state index contributed by atoms with van der Waals surface area (Å²) in [7, 11) is 1.79. The zero-order valence-corrected chi connectivity index (χ0v) is 13.4. The number of carbonyl (C=O) groups excluding carboxylic acids is 1. The van der Waals surface area contributed by atoms with Gasteiger partial charge in [0.15, 0.2) is 5.78 Å². The van der Waals surface area contributed by atoms with Gasteiger partial charge in [-0.25, -0.2) is 4.68 Å². The van der Waals surface area contributed by atoms with Crippen molar-refractivity contribution in [2.45, 2.75) is 13.8 Å². The molecule has 2 aromatic heterocycles. The minimum Gasteiger partial charge on any atom is -0.289 e.